The molecule has 7 heteroatoms. The van der Waals surface area contributed by atoms with Crippen LogP contribution in [0.1, 0.15) is 24.8 Å². The summed E-state index contributed by atoms with van der Waals surface area (Å²) in [6.45, 7) is 2.94. The molecule has 1 aliphatic rings. The molecule has 1 fully saturated rings. The number of carbonyl (C=O) groups excluding carboxylic acids is 2. The maximum atomic E-state index is 12.0. The van der Waals surface area contributed by atoms with Crippen LogP contribution in [-0.2, 0) is 20.9 Å². The fourth-order valence-electron chi connectivity index (χ4n) is 2.94. The van der Waals surface area contributed by atoms with Crippen LogP contribution in [0.25, 0.3) is 0 Å². The Hall–Kier alpha value is -2.12. The highest BCUT2D eigenvalue weighted by atomic mass is 16.6. The van der Waals surface area contributed by atoms with Crippen LogP contribution in [0.15, 0.2) is 30.3 Å². The first-order chi connectivity index (χ1) is 12.6. The molecule has 2 rings (SSSR count). The zero-order valence-corrected chi connectivity index (χ0v) is 15.6. The van der Waals surface area contributed by atoms with E-state index in [0.29, 0.717) is 19.0 Å². The molecule has 0 aliphatic carbocycles. The average Bonchev–Trinajstić information content (AvgIpc) is 2.67. The molecule has 0 bridgehead atoms. The maximum Gasteiger partial charge on any atom is 0.408 e. The Morgan fingerprint density at radius 1 is 1.23 bits per heavy atom. The van der Waals surface area contributed by atoms with Gasteiger partial charge in [0, 0.05) is 6.04 Å². The van der Waals surface area contributed by atoms with Gasteiger partial charge in [0.1, 0.15) is 12.6 Å². The molecule has 144 valence electrons. The van der Waals surface area contributed by atoms with E-state index in [9.17, 15) is 9.59 Å². The Bertz CT molecular complexity index is 559. The normalized spacial score (nSPS) is 16.7. The highest BCUT2D eigenvalue weighted by Gasteiger charge is 2.23. The number of benzene rings is 1. The predicted molar refractivity (Wildman–Crippen MR) is 98.7 cm³/mol. The van der Waals surface area contributed by atoms with Crippen molar-refractivity contribution >= 4 is 12.1 Å². The summed E-state index contributed by atoms with van der Waals surface area (Å²) >= 11 is 0. The minimum atomic E-state index is -0.720. The van der Waals surface area contributed by atoms with Gasteiger partial charge in [-0.2, -0.15) is 0 Å². The number of hydrogen-bond donors (Lipinski definition) is 2. The lowest BCUT2D eigenvalue weighted by Gasteiger charge is -2.30. The number of amides is 1. The van der Waals surface area contributed by atoms with E-state index in [1.807, 2.05) is 30.3 Å². The van der Waals surface area contributed by atoms with E-state index < -0.39 is 18.1 Å². The number of alkyl carbamates (subject to hydrolysis) is 1. The Kier molecular flexibility index (Phi) is 8.37. The van der Waals surface area contributed by atoms with Crippen molar-refractivity contribution in [1.82, 2.24) is 15.5 Å². The highest BCUT2D eigenvalue weighted by molar-refractivity contribution is 5.81. The second-order valence-electron chi connectivity index (χ2n) is 6.60. The Morgan fingerprint density at radius 2 is 1.92 bits per heavy atom. The lowest BCUT2D eigenvalue weighted by Crippen LogP contribution is -2.46. The van der Waals surface area contributed by atoms with Crippen molar-refractivity contribution in [3.05, 3.63) is 35.9 Å². The summed E-state index contributed by atoms with van der Waals surface area (Å²) in [5, 5.41) is 6.05. The number of esters is 1. The number of ether oxygens (including phenoxy) is 2. The summed E-state index contributed by atoms with van der Waals surface area (Å²) in [5.41, 5.74) is 0.890. The van der Waals surface area contributed by atoms with Crippen molar-refractivity contribution in [2.75, 3.05) is 33.8 Å². The van der Waals surface area contributed by atoms with E-state index in [4.69, 9.17) is 9.47 Å². The zero-order valence-electron chi connectivity index (χ0n) is 15.6. The van der Waals surface area contributed by atoms with Crippen molar-refractivity contribution in [2.45, 2.75) is 38.0 Å². The average molecular weight is 363 g/mol. The number of piperidine rings is 1. The summed E-state index contributed by atoms with van der Waals surface area (Å²) in [5.74, 6) is -0.466. The molecular formula is C19H29N3O4. The van der Waals surface area contributed by atoms with Crippen molar-refractivity contribution in [3.8, 4) is 0 Å². The predicted octanol–water partition coefficient (Wildman–Crippen LogP) is 1.53. The van der Waals surface area contributed by atoms with E-state index in [2.05, 4.69) is 22.6 Å². The molecule has 0 spiro atoms. The van der Waals surface area contributed by atoms with Gasteiger partial charge in [0.15, 0.2) is 0 Å². The van der Waals surface area contributed by atoms with Gasteiger partial charge in [0.25, 0.3) is 0 Å². The van der Waals surface area contributed by atoms with Crippen molar-refractivity contribution in [2.24, 2.45) is 0 Å². The molecule has 2 N–H and O–H groups in total. The number of methoxy groups -OCH3 is 1. The molecule has 0 saturated carbocycles. The van der Waals surface area contributed by atoms with Gasteiger partial charge >= 0.3 is 12.1 Å². The molecule has 7 nitrogen and oxygen atoms in total. The smallest absolute Gasteiger partial charge is 0.408 e. The van der Waals surface area contributed by atoms with Crippen LogP contribution in [-0.4, -0.2) is 62.8 Å². The van der Waals surface area contributed by atoms with Gasteiger partial charge in [0.05, 0.1) is 7.11 Å². The van der Waals surface area contributed by atoms with Crippen molar-refractivity contribution in [3.63, 3.8) is 0 Å². The molecule has 1 heterocycles. The minimum absolute atomic E-state index is 0.161. The first-order valence-corrected chi connectivity index (χ1v) is 9.05. The van der Waals surface area contributed by atoms with E-state index in [1.54, 1.807) is 0 Å². The first-order valence-electron chi connectivity index (χ1n) is 9.05. The molecule has 1 aliphatic heterocycles. The van der Waals surface area contributed by atoms with Gasteiger partial charge < -0.3 is 25.0 Å². The van der Waals surface area contributed by atoms with Crippen LogP contribution in [0.2, 0.25) is 0 Å². The third-order valence-corrected chi connectivity index (χ3v) is 4.58. The summed E-state index contributed by atoms with van der Waals surface area (Å²) in [6, 6.07) is 9.13. The van der Waals surface area contributed by atoms with E-state index in [-0.39, 0.29) is 6.61 Å². The molecule has 1 saturated heterocycles. The molecule has 0 aromatic heterocycles. The lowest BCUT2D eigenvalue weighted by atomic mass is 10.1. The number of hydrogen-bond acceptors (Lipinski definition) is 6. The fraction of sp³-hybridized carbons (Fsp3) is 0.579. The Labute approximate surface area is 155 Å². The fourth-order valence-corrected chi connectivity index (χ4v) is 2.94. The van der Waals surface area contributed by atoms with E-state index >= 15 is 0 Å². The van der Waals surface area contributed by atoms with Crippen molar-refractivity contribution < 1.29 is 19.1 Å². The third-order valence-electron chi connectivity index (χ3n) is 4.58. The number of nitrogens with one attached hydrogen (secondary N) is 2. The molecule has 1 amide bonds. The molecule has 1 aromatic carbocycles. The summed E-state index contributed by atoms with van der Waals surface area (Å²) < 4.78 is 9.97. The van der Waals surface area contributed by atoms with E-state index in [1.165, 1.54) is 7.11 Å². The summed E-state index contributed by atoms with van der Waals surface area (Å²) in [6.07, 6.45) is 2.01. The second-order valence-corrected chi connectivity index (χ2v) is 6.60. The molecule has 0 radical (unpaired) electrons. The number of rotatable bonds is 8. The van der Waals surface area contributed by atoms with Crippen LogP contribution in [0.3, 0.4) is 0 Å². The first kappa shape index (κ1) is 20.2. The maximum absolute atomic E-state index is 12.0. The second kappa shape index (κ2) is 10.8. The minimum Gasteiger partial charge on any atom is -0.467 e. The van der Waals surface area contributed by atoms with Gasteiger partial charge in [-0.25, -0.2) is 9.59 Å². The Balaban J connectivity index is 1.73. The molecule has 0 unspecified atom stereocenters. The van der Waals surface area contributed by atoms with Gasteiger partial charge in [0.2, 0.25) is 0 Å². The molecule has 1 aromatic rings. The van der Waals surface area contributed by atoms with Gasteiger partial charge in [-0.1, -0.05) is 30.3 Å². The molecular weight excluding hydrogens is 334 g/mol. The standard InChI is InChI=1S/C19H29N3O4/c1-22-12-9-16(10-13-22)20-11-8-17(18(23)25-2)21-19(24)26-14-15-6-4-3-5-7-15/h3-7,16-17,20H,8-14H2,1-2H3,(H,21,24)/t17-/m0/s1. The van der Waals surface area contributed by atoms with Crippen LogP contribution < -0.4 is 10.6 Å². The van der Waals surface area contributed by atoms with Gasteiger partial charge in [-0.05, 0) is 51.5 Å². The summed E-state index contributed by atoms with van der Waals surface area (Å²) in [7, 11) is 3.44. The van der Waals surface area contributed by atoms with Gasteiger partial charge in [-0.15, -0.1) is 0 Å². The zero-order chi connectivity index (χ0) is 18.8. The molecule has 26 heavy (non-hydrogen) atoms. The largest absolute Gasteiger partial charge is 0.467 e. The number of nitrogens with zero attached hydrogens (tertiary/aromatic N) is 1. The monoisotopic (exact) mass is 363 g/mol. The topological polar surface area (TPSA) is 79.9 Å². The van der Waals surface area contributed by atoms with Crippen LogP contribution >= 0.6 is 0 Å². The Morgan fingerprint density at radius 3 is 2.58 bits per heavy atom. The highest BCUT2D eigenvalue weighted by Crippen LogP contribution is 2.08. The summed E-state index contributed by atoms with van der Waals surface area (Å²) in [4.78, 5) is 26.2. The van der Waals surface area contributed by atoms with Crippen molar-refractivity contribution in [1.29, 1.82) is 0 Å². The SMILES string of the molecule is COC(=O)[C@H](CCNC1CCN(C)CC1)NC(=O)OCc1ccccc1. The number of carbonyl (C=O) groups is 2. The van der Waals surface area contributed by atoms with Gasteiger partial charge in [-0.3, -0.25) is 0 Å². The van der Waals surface area contributed by atoms with Crippen LogP contribution in [0.4, 0.5) is 4.79 Å². The van der Waals surface area contributed by atoms with Crippen LogP contribution in [0, 0.1) is 0 Å². The van der Waals surface area contributed by atoms with E-state index in [0.717, 1.165) is 31.5 Å². The lowest BCUT2D eigenvalue weighted by molar-refractivity contribution is -0.143. The molecule has 1 atom stereocenters. The third kappa shape index (κ3) is 7.01. The van der Waals surface area contributed by atoms with Crippen LogP contribution in [0.5, 0.6) is 0 Å². The number of likely N-dealkylation sites (tertiary alicyclic amines) is 1. The quantitative estimate of drug-likeness (QED) is 0.682.